The molecule has 0 radical (unpaired) electrons. The van der Waals surface area contributed by atoms with Crippen LogP contribution in [0.5, 0.6) is 0 Å². The van der Waals surface area contributed by atoms with E-state index in [0.29, 0.717) is 0 Å². The van der Waals surface area contributed by atoms with Crippen LogP contribution in [0.1, 0.15) is 46.6 Å². The Hall–Kier alpha value is -1.23. The molecule has 0 aliphatic heterocycles. The first-order valence-electron chi connectivity index (χ1n) is 6.49. The molecule has 0 fully saturated rings. The first kappa shape index (κ1) is 16.8. The number of benzene rings is 1. The Bertz CT molecular complexity index is 519. The third-order valence-corrected chi connectivity index (χ3v) is 3.01. The lowest BCUT2D eigenvalue weighted by molar-refractivity contribution is 0.301. The lowest BCUT2D eigenvalue weighted by Crippen LogP contribution is -2.36. The number of halogens is 2. The van der Waals surface area contributed by atoms with E-state index in [1.54, 1.807) is 0 Å². The van der Waals surface area contributed by atoms with Gasteiger partial charge in [0.15, 0.2) is 11.6 Å². The van der Waals surface area contributed by atoms with E-state index in [0.717, 1.165) is 6.42 Å². The van der Waals surface area contributed by atoms with E-state index < -0.39 is 11.6 Å². The zero-order valence-corrected chi connectivity index (χ0v) is 13.4. The third-order valence-electron chi connectivity index (χ3n) is 2.79. The molecule has 3 N–H and O–H groups in total. The Labute approximate surface area is 124 Å². The van der Waals surface area contributed by atoms with Crippen LogP contribution < -0.4 is 11.1 Å². The van der Waals surface area contributed by atoms with Crippen molar-refractivity contribution in [1.82, 2.24) is 0 Å². The lowest BCUT2D eigenvalue weighted by Gasteiger charge is -2.34. The molecule has 1 aromatic carbocycles. The van der Waals surface area contributed by atoms with E-state index in [1.165, 1.54) is 12.1 Å². The number of anilines is 1. The number of hydrogen-bond donors (Lipinski definition) is 2. The summed E-state index contributed by atoms with van der Waals surface area (Å²) >= 11 is 4.68. The van der Waals surface area contributed by atoms with Crippen LogP contribution in [0.3, 0.4) is 0 Å². The van der Waals surface area contributed by atoms with Crippen LogP contribution in [0.4, 0.5) is 14.5 Å². The number of thiocarbonyl (C=S) groups is 1. The van der Waals surface area contributed by atoms with Crippen LogP contribution in [0.25, 0.3) is 0 Å². The normalized spacial score (nSPS) is 12.3. The summed E-state index contributed by atoms with van der Waals surface area (Å²) in [6.07, 6.45) is 0.804. The van der Waals surface area contributed by atoms with Gasteiger partial charge >= 0.3 is 0 Å². The van der Waals surface area contributed by atoms with Crippen LogP contribution in [0.15, 0.2) is 12.1 Å². The van der Waals surface area contributed by atoms with Crippen molar-refractivity contribution in [3.63, 3.8) is 0 Å². The largest absolute Gasteiger partial charge is 0.389 e. The van der Waals surface area contributed by atoms with Crippen molar-refractivity contribution < 1.29 is 8.78 Å². The quantitative estimate of drug-likeness (QED) is 0.817. The highest BCUT2D eigenvalue weighted by molar-refractivity contribution is 7.80. The highest BCUT2D eigenvalue weighted by Gasteiger charge is 2.27. The van der Waals surface area contributed by atoms with Crippen molar-refractivity contribution >= 4 is 22.9 Å². The monoisotopic (exact) mass is 300 g/mol. The molecule has 0 saturated carbocycles. The van der Waals surface area contributed by atoms with Gasteiger partial charge in [-0.25, -0.2) is 8.78 Å². The minimum Gasteiger partial charge on any atom is -0.389 e. The Kier molecular flexibility index (Phi) is 4.74. The molecule has 1 aromatic rings. The molecule has 0 heterocycles. The SMILES string of the molecule is CC(C)(C)CC(C)(C)Nc1ccc(C(N)=S)c(F)c1F. The topological polar surface area (TPSA) is 38.0 Å². The molecule has 0 aromatic heterocycles. The van der Waals surface area contributed by atoms with Gasteiger partial charge in [-0.2, -0.15) is 0 Å². The second kappa shape index (κ2) is 5.64. The van der Waals surface area contributed by atoms with E-state index in [-0.39, 0.29) is 27.2 Å². The Morgan fingerprint density at radius 2 is 1.70 bits per heavy atom. The molecule has 5 heteroatoms. The molecule has 0 unspecified atom stereocenters. The molecular weight excluding hydrogens is 278 g/mol. The second-order valence-electron chi connectivity index (χ2n) is 6.90. The van der Waals surface area contributed by atoms with Crippen LogP contribution in [-0.2, 0) is 0 Å². The molecule has 0 aliphatic rings. The molecule has 2 nitrogen and oxygen atoms in total. The van der Waals surface area contributed by atoms with Crippen LogP contribution >= 0.6 is 12.2 Å². The summed E-state index contributed by atoms with van der Waals surface area (Å²) in [7, 11) is 0. The van der Waals surface area contributed by atoms with Crippen molar-refractivity contribution in [2.24, 2.45) is 11.1 Å². The third kappa shape index (κ3) is 4.40. The molecule has 0 aliphatic carbocycles. The van der Waals surface area contributed by atoms with Gasteiger partial charge in [0.1, 0.15) is 4.99 Å². The summed E-state index contributed by atoms with van der Waals surface area (Å²) in [6, 6.07) is 2.87. The first-order valence-corrected chi connectivity index (χ1v) is 6.90. The average molecular weight is 300 g/mol. The fraction of sp³-hybridized carbons (Fsp3) is 0.533. The predicted molar refractivity (Wildman–Crippen MR) is 84.0 cm³/mol. The molecule has 1 rings (SSSR count). The van der Waals surface area contributed by atoms with Gasteiger partial charge in [-0.3, -0.25) is 0 Å². The zero-order chi connectivity index (χ0) is 15.7. The van der Waals surface area contributed by atoms with E-state index in [1.807, 2.05) is 13.8 Å². The highest BCUT2D eigenvalue weighted by atomic mass is 32.1. The van der Waals surface area contributed by atoms with Crippen molar-refractivity contribution in [2.75, 3.05) is 5.32 Å². The summed E-state index contributed by atoms with van der Waals surface area (Å²) in [6.45, 7) is 10.2. The van der Waals surface area contributed by atoms with Gasteiger partial charge in [0.2, 0.25) is 0 Å². The molecule has 0 spiro atoms. The minimum absolute atomic E-state index is 0.0725. The number of rotatable bonds is 4. The Morgan fingerprint density at radius 3 is 2.15 bits per heavy atom. The van der Waals surface area contributed by atoms with E-state index in [2.05, 4.69) is 38.3 Å². The van der Waals surface area contributed by atoms with Crippen LogP contribution in [0.2, 0.25) is 0 Å². The summed E-state index contributed by atoms with van der Waals surface area (Å²) < 4.78 is 27.9. The van der Waals surface area contributed by atoms with E-state index >= 15 is 0 Å². The zero-order valence-electron chi connectivity index (χ0n) is 12.6. The predicted octanol–water partition coefficient (Wildman–Crippen LogP) is 4.23. The Morgan fingerprint density at radius 1 is 1.15 bits per heavy atom. The van der Waals surface area contributed by atoms with Gasteiger partial charge in [0, 0.05) is 11.1 Å². The van der Waals surface area contributed by atoms with Gasteiger partial charge in [-0.05, 0) is 37.8 Å². The Balaban J connectivity index is 3.05. The van der Waals surface area contributed by atoms with Crippen molar-refractivity contribution in [2.45, 2.75) is 46.6 Å². The van der Waals surface area contributed by atoms with Crippen molar-refractivity contribution in [3.05, 3.63) is 29.3 Å². The van der Waals surface area contributed by atoms with E-state index in [4.69, 9.17) is 5.73 Å². The standard InChI is InChI=1S/C15H22F2N2S/c1-14(2,3)8-15(4,5)19-10-7-6-9(13(18)20)11(16)12(10)17/h6-7,19H,8H2,1-5H3,(H2,18,20). The van der Waals surface area contributed by atoms with Gasteiger partial charge in [0.25, 0.3) is 0 Å². The maximum absolute atomic E-state index is 14.0. The van der Waals surface area contributed by atoms with E-state index in [9.17, 15) is 8.78 Å². The number of nitrogens with one attached hydrogen (secondary N) is 1. The molecular formula is C15H22F2N2S. The fourth-order valence-corrected chi connectivity index (χ4v) is 2.73. The smallest absolute Gasteiger partial charge is 0.182 e. The average Bonchev–Trinajstić information content (AvgIpc) is 2.20. The van der Waals surface area contributed by atoms with Crippen LogP contribution in [0, 0.1) is 17.0 Å². The van der Waals surface area contributed by atoms with Crippen LogP contribution in [-0.4, -0.2) is 10.5 Å². The number of nitrogens with two attached hydrogens (primary N) is 1. The maximum Gasteiger partial charge on any atom is 0.182 e. The van der Waals surface area contributed by atoms with Crippen molar-refractivity contribution in [1.29, 1.82) is 0 Å². The number of hydrogen-bond acceptors (Lipinski definition) is 2. The maximum atomic E-state index is 14.0. The fourth-order valence-electron chi connectivity index (χ4n) is 2.57. The first-order chi connectivity index (χ1) is 8.93. The van der Waals surface area contributed by atoms with Gasteiger partial charge in [-0.15, -0.1) is 0 Å². The van der Waals surface area contributed by atoms with Crippen molar-refractivity contribution in [3.8, 4) is 0 Å². The molecule has 20 heavy (non-hydrogen) atoms. The molecule has 112 valence electrons. The molecule has 0 bridgehead atoms. The minimum atomic E-state index is -1.01. The van der Waals surface area contributed by atoms with Gasteiger partial charge in [-0.1, -0.05) is 33.0 Å². The highest BCUT2D eigenvalue weighted by Crippen LogP contribution is 2.31. The molecule has 0 atom stereocenters. The summed E-state index contributed by atoms with van der Waals surface area (Å²) in [4.78, 5) is -0.151. The van der Waals surface area contributed by atoms with Gasteiger partial charge in [0.05, 0.1) is 5.69 Å². The summed E-state index contributed by atoms with van der Waals surface area (Å²) in [5.41, 5.74) is 5.11. The summed E-state index contributed by atoms with van der Waals surface area (Å²) in [5.74, 6) is -1.95. The van der Waals surface area contributed by atoms with Gasteiger partial charge < -0.3 is 11.1 Å². The second-order valence-corrected chi connectivity index (χ2v) is 7.34. The lowest BCUT2D eigenvalue weighted by atomic mass is 9.81. The summed E-state index contributed by atoms with van der Waals surface area (Å²) in [5, 5.41) is 3.05. The molecule has 0 amide bonds. The molecule has 0 saturated heterocycles.